The number of anilines is 3. The molecule has 1 aliphatic rings. The van der Waals surface area contributed by atoms with Crippen LogP contribution >= 0.6 is 0 Å². The quantitative estimate of drug-likeness (QED) is 0.829. The smallest absolute Gasteiger partial charge is 0.228 e. The van der Waals surface area contributed by atoms with Crippen molar-refractivity contribution in [1.29, 1.82) is 0 Å². The van der Waals surface area contributed by atoms with Gasteiger partial charge >= 0.3 is 0 Å². The minimum Gasteiger partial charge on any atom is -0.383 e. The van der Waals surface area contributed by atoms with E-state index in [4.69, 9.17) is 4.74 Å². The highest BCUT2D eigenvalue weighted by Crippen LogP contribution is 2.26. The third-order valence-electron chi connectivity index (χ3n) is 4.60. The number of morpholine rings is 1. The van der Waals surface area contributed by atoms with Crippen molar-refractivity contribution in [2.75, 3.05) is 54.5 Å². The van der Waals surface area contributed by atoms with E-state index < -0.39 is 0 Å². The molecule has 0 bridgehead atoms. The van der Waals surface area contributed by atoms with Crippen molar-refractivity contribution >= 4 is 23.0 Å². The summed E-state index contributed by atoms with van der Waals surface area (Å²) in [6.07, 6.45) is 0.459. The van der Waals surface area contributed by atoms with Crippen LogP contribution in [0, 0.1) is 0 Å². The van der Waals surface area contributed by atoms with Crippen LogP contribution in [0.25, 0.3) is 0 Å². The monoisotopic (exact) mass is 353 g/mol. The number of hydrogen-bond acceptors (Lipinski definition) is 4. The molecule has 0 aromatic heterocycles. The average molecular weight is 353 g/mol. The standard InChI is InChI=1S/C21H27N3O2/c1-2-24(18-8-4-3-5-9-18)21(25)12-13-22-19-10-6-7-11-20(19)23-14-16-26-17-15-23/h3-11,22H,2,12-17H2,1H3. The number of ether oxygens (including phenoxy) is 1. The number of nitrogens with zero attached hydrogens (tertiary/aromatic N) is 2. The van der Waals surface area contributed by atoms with E-state index in [-0.39, 0.29) is 5.91 Å². The van der Waals surface area contributed by atoms with E-state index in [0.29, 0.717) is 19.5 Å². The molecule has 0 atom stereocenters. The predicted molar refractivity (Wildman–Crippen MR) is 107 cm³/mol. The molecule has 0 spiro atoms. The summed E-state index contributed by atoms with van der Waals surface area (Å²) in [6.45, 7) is 6.61. The minimum atomic E-state index is 0.134. The summed E-state index contributed by atoms with van der Waals surface area (Å²) in [4.78, 5) is 16.8. The third kappa shape index (κ3) is 4.55. The number of carbonyl (C=O) groups excluding carboxylic acids is 1. The van der Waals surface area contributed by atoms with Crippen molar-refractivity contribution in [3.05, 3.63) is 54.6 Å². The van der Waals surface area contributed by atoms with Crippen molar-refractivity contribution in [1.82, 2.24) is 0 Å². The lowest BCUT2D eigenvalue weighted by Crippen LogP contribution is -2.36. The zero-order chi connectivity index (χ0) is 18.2. The van der Waals surface area contributed by atoms with Crippen LogP contribution < -0.4 is 15.1 Å². The Morgan fingerprint density at radius 3 is 2.50 bits per heavy atom. The first-order valence-electron chi connectivity index (χ1n) is 9.30. The van der Waals surface area contributed by atoms with E-state index in [1.54, 1.807) is 0 Å². The molecule has 26 heavy (non-hydrogen) atoms. The summed E-state index contributed by atoms with van der Waals surface area (Å²) in [7, 11) is 0. The number of rotatable bonds is 7. The van der Waals surface area contributed by atoms with Crippen LogP contribution in [0.15, 0.2) is 54.6 Å². The largest absolute Gasteiger partial charge is 0.383 e. The molecular formula is C21H27N3O2. The Morgan fingerprint density at radius 1 is 1.08 bits per heavy atom. The van der Waals surface area contributed by atoms with Crippen molar-refractivity contribution in [2.24, 2.45) is 0 Å². The lowest BCUT2D eigenvalue weighted by Gasteiger charge is -2.30. The molecular weight excluding hydrogens is 326 g/mol. The summed E-state index contributed by atoms with van der Waals surface area (Å²) in [5, 5.41) is 3.44. The van der Waals surface area contributed by atoms with Gasteiger partial charge in [-0.05, 0) is 31.2 Å². The van der Waals surface area contributed by atoms with Crippen molar-refractivity contribution in [3.63, 3.8) is 0 Å². The topological polar surface area (TPSA) is 44.8 Å². The molecule has 0 unspecified atom stereocenters. The molecule has 2 aromatic carbocycles. The molecule has 2 aromatic rings. The third-order valence-corrected chi connectivity index (χ3v) is 4.60. The van der Waals surface area contributed by atoms with Crippen LogP contribution in [0.3, 0.4) is 0 Å². The number of hydrogen-bond donors (Lipinski definition) is 1. The average Bonchev–Trinajstić information content (AvgIpc) is 2.70. The second kappa shape index (κ2) is 9.25. The molecule has 1 fully saturated rings. The Balaban J connectivity index is 1.58. The summed E-state index contributed by atoms with van der Waals surface area (Å²) >= 11 is 0. The number of amides is 1. The van der Waals surface area contributed by atoms with Gasteiger partial charge in [-0.15, -0.1) is 0 Å². The molecule has 1 aliphatic heterocycles. The molecule has 1 heterocycles. The van der Waals surface area contributed by atoms with E-state index in [2.05, 4.69) is 28.4 Å². The van der Waals surface area contributed by atoms with E-state index in [0.717, 1.165) is 37.7 Å². The van der Waals surface area contributed by atoms with Crippen LogP contribution in [0.1, 0.15) is 13.3 Å². The summed E-state index contributed by atoms with van der Waals surface area (Å²) < 4.78 is 5.44. The number of carbonyl (C=O) groups is 1. The Bertz CT molecular complexity index is 699. The van der Waals surface area contributed by atoms with Gasteiger partial charge in [0.15, 0.2) is 0 Å². The fourth-order valence-corrected chi connectivity index (χ4v) is 3.25. The molecule has 1 N–H and O–H groups in total. The lowest BCUT2D eigenvalue weighted by atomic mass is 10.2. The first-order chi connectivity index (χ1) is 12.8. The second-order valence-electron chi connectivity index (χ2n) is 6.27. The Kier molecular flexibility index (Phi) is 6.50. The zero-order valence-electron chi connectivity index (χ0n) is 15.4. The Hall–Kier alpha value is -2.53. The summed E-state index contributed by atoms with van der Waals surface area (Å²) in [5.74, 6) is 0.134. The van der Waals surface area contributed by atoms with Gasteiger partial charge in [0.1, 0.15) is 0 Å². The number of benzene rings is 2. The van der Waals surface area contributed by atoms with Crippen molar-refractivity contribution < 1.29 is 9.53 Å². The van der Waals surface area contributed by atoms with Crippen LogP contribution in [0.5, 0.6) is 0 Å². The summed E-state index contributed by atoms with van der Waals surface area (Å²) in [6, 6.07) is 18.1. The van der Waals surface area contributed by atoms with Gasteiger partial charge in [-0.25, -0.2) is 0 Å². The normalized spacial score (nSPS) is 14.1. The summed E-state index contributed by atoms with van der Waals surface area (Å²) in [5.41, 5.74) is 3.21. The maximum atomic E-state index is 12.6. The fourth-order valence-electron chi connectivity index (χ4n) is 3.25. The highest BCUT2D eigenvalue weighted by molar-refractivity contribution is 5.93. The molecule has 1 saturated heterocycles. The Morgan fingerprint density at radius 2 is 1.77 bits per heavy atom. The zero-order valence-corrected chi connectivity index (χ0v) is 15.4. The highest BCUT2D eigenvalue weighted by Gasteiger charge is 2.16. The van der Waals surface area contributed by atoms with Gasteiger partial charge in [0, 0.05) is 38.3 Å². The van der Waals surface area contributed by atoms with Gasteiger partial charge in [0.05, 0.1) is 24.6 Å². The van der Waals surface area contributed by atoms with Gasteiger partial charge < -0.3 is 19.9 Å². The molecule has 5 nitrogen and oxygen atoms in total. The van der Waals surface area contributed by atoms with Gasteiger partial charge in [0.2, 0.25) is 5.91 Å². The van der Waals surface area contributed by atoms with Gasteiger partial charge in [-0.3, -0.25) is 4.79 Å². The molecule has 3 rings (SSSR count). The molecule has 0 radical (unpaired) electrons. The highest BCUT2D eigenvalue weighted by atomic mass is 16.5. The van der Waals surface area contributed by atoms with E-state index in [9.17, 15) is 4.79 Å². The second-order valence-corrected chi connectivity index (χ2v) is 6.27. The van der Waals surface area contributed by atoms with Crippen LogP contribution in [-0.4, -0.2) is 45.3 Å². The van der Waals surface area contributed by atoms with Crippen molar-refractivity contribution in [2.45, 2.75) is 13.3 Å². The SMILES string of the molecule is CCN(C(=O)CCNc1ccccc1N1CCOCC1)c1ccccc1. The van der Waals surface area contributed by atoms with Crippen LogP contribution in [0.4, 0.5) is 17.1 Å². The predicted octanol–water partition coefficient (Wildman–Crippen LogP) is 3.38. The Labute approximate surface area is 155 Å². The maximum absolute atomic E-state index is 12.6. The van der Waals surface area contributed by atoms with Crippen LogP contribution in [0.2, 0.25) is 0 Å². The minimum absolute atomic E-state index is 0.134. The molecule has 1 amide bonds. The molecule has 138 valence electrons. The first kappa shape index (κ1) is 18.3. The lowest BCUT2D eigenvalue weighted by molar-refractivity contribution is -0.118. The van der Waals surface area contributed by atoms with E-state index >= 15 is 0 Å². The molecule has 5 heteroatoms. The first-order valence-corrected chi connectivity index (χ1v) is 9.30. The number of nitrogens with one attached hydrogen (secondary N) is 1. The van der Waals surface area contributed by atoms with Crippen LogP contribution in [-0.2, 0) is 9.53 Å². The number of para-hydroxylation sites is 3. The van der Waals surface area contributed by atoms with Gasteiger partial charge in [0.25, 0.3) is 0 Å². The molecule has 0 aliphatic carbocycles. The van der Waals surface area contributed by atoms with E-state index in [1.807, 2.05) is 48.2 Å². The molecule has 0 saturated carbocycles. The maximum Gasteiger partial charge on any atom is 0.228 e. The van der Waals surface area contributed by atoms with Crippen molar-refractivity contribution in [3.8, 4) is 0 Å². The van der Waals surface area contributed by atoms with Gasteiger partial charge in [-0.1, -0.05) is 30.3 Å². The van der Waals surface area contributed by atoms with E-state index in [1.165, 1.54) is 5.69 Å². The fraction of sp³-hybridized carbons (Fsp3) is 0.381. The van der Waals surface area contributed by atoms with Gasteiger partial charge in [-0.2, -0.15) is 0 Å².